The van der Waals surface area contributed by atoms with Gasteiger partial charge in [-0.25, -0.2) is 0 Å². The molecule has 2 saturated heterocycles. The summed E-state index contributed by atoms with van der Waals surface area (Å²) >= 11 is 0. The Bertz CT molecular complexity index is 241. The molecule has 2 heteroatoms. The summed E-state index contributed by atoms with van der Waals surface area (Å²) in [6, 6.07) is 0.473. The second kappa shape index (κ2) is 2.57. The molecule has 0 amide bonds. The van der Waals surface area contributed by atoms with Crippen LogP contribution in [0.15, 0.2) is 0 Å². The summed E-state index contributed by atoms with van der Waals surface area (Å²) in [4.78, 5) is 11.5. The van der Waals surface area contributed by atoms with Gasteiger partial charge in [-0.05, 0) is 18.3 Å². The van der Waals surface area contributed by atoms with Gasteiger partial charge in [0.15, 0.2) is 0 Å². The lowest BCUT2D eigenvalue weighted by molar-refractivity contribution is -0.123. The van der Waals surface area contributed by atoms with E-state index in [1.165, 1.54) is 12.8 Å². The molecule has 0 radical (unpaired) electrons. The van der Waals surface area contributed by atoms with Gasteiger partial charge in [-0.3, -0.25) is 4.79 Å². The maximum Gasteiger partial charge on any atom is 0.136 e. The number of carbonyl (C=O) groups excluding carboxylic acids is 1. The van der Waals surface area contributed by atoms with Gasteiger partial charge in [-0.2, -0.15) is 0 Å². The molecule has 2 bridgehead atoms. The largest absolute Gasteiger partial charge is 0.307 e. The van der Waals surface area contributed by atoms with Crippen molar-refractivity contribution in [3.8, 4) is 0 Å². The Kier molecular flexibility index (Phi) is 1.82. The average Bonchev–Trinajstić information content (AvgIpc) is 2.26. The Morgan fingerprint density at radius 2 is 2.15 bits per heavy atom. The van der Waals surface area contributed by atoms with E-state index in [-0.39, 0.29) is 11.0 Å². The van der Waals surface area contributed by atoms with Crippen LogP contribution in [0.25, 0.3) is 0 Å². The van der Waals surface area contributed by atoms with Crippen molar-refractivity contribution < 1.29 is 4.79 Å². The minimum absolute atomic E-state index is 0.104. The van der Waals surface area contributed by atoms with Gasteiger partial charge in [0.1, 0.15) is 5.78 Å². The smallest absolute Gasteiger partial charge is 0.136 e. The first-order chi connectivity index (χ1) is 5.93. The number of ketones is 1. The zero-order valence-corrected chi connectivity index (χ0v) is 8.81. The minimum atomic E-state index is 0.104. The third-order valence-electron chi connectivity index (χ3n) is 3.81. The molecule has 2 unspecified atom stereocenters. The molecule has 0 saturated carbocycles. The topological polar surface area (TPSA) is 29.1 Å². The monoisotopic (exact) mass is 181 g/mol. The van der Waals surface area contributed by atoms with Gasteiger partial charge >= 0.3 is 0 Å². The Labute approximate surface area is 80.1 Å². The molecule has 0 aromatic heterocycles. The summed E-state index contributed by atoms with van der Waals surface area (Å²) in [7, 11) is 0. The summed E-state index contributed by atoms with van der Waals surface area (Å²) in [6.07, 6.45) is 3.86. The van der Waals surface area contributed by atoms with Crippen LogP contribution in [0.1, 0.15) is 46.5 Å². The molecular weight excluding hydrogens is 162 g/mol. The van der Waals surface area contributed by atoms with Crippen LogP contribution in [0.2, 0.25) is 0 Å². The summed E-state index contributed by atoms with van der Waals surface area (Å²) < 4.78 is 0. The molecule has 74 valence electrons. The highest BCUT2D eigenvalue weighted by atomic mass is 16.1. The van der Waals surface area contributed by atoms with E-state index in [1.54, 1.807) is 0 Å². The molecule has 2 fully saturated rings. The highest BCUT2D eigenvalue weighted by molar-refractivity contribution is 5.82. The summed E-state index contributed by atoms with van der Waals surface area (Å²) in [5, 5.41) is 3.65. The van der Waals surface area contributed by atoms with Gasteiger partial charge in [0.05, 0.1) is 0 Å². The van der Waals surface area contributed by atoms with E-state index in [2.05, 4.69) is 26.1 Å². The first-order valence-corrected chi connectivity index (χ1v) is 5.22. The van der Waals surface area contributed by atoms with Crippen molar-refractivity contribution in [2.24, 2.45) is 5.41 Å². The van der Waals surface area contributed by atoms with E-state index in [0.717, 1.165) is 12.8 Å². The molecule has 2 aliphatic rings. The quantitative estimate of drug-likeness (QED) is 0.618. The number of Topliss-reactive ketones (excluding diaryl/α,β-unsaturated/α-hetero) is 1. The van der Waals surface area contributed by atoms with Crippen LogP contribution < -0.4 is 5.32 Å². The highest BCUT2D eigenvalue weighted by Gasteiger charge is 2.51. The van der Waals surface area contributed by atoms with E-state index in [9.17, 15) is 4.79 Å². The molecule has 2 rings (SSSR count). The fourth-order valence-electron chi connectivity index (χ4n) is 2.79. The van der Waals surface area contributed by atoms with Crippen molar-refractivity contribution in [1.29, 1.82) is 0 Å². The van der Waals surface area contributed by atoms with Gasteiger partial charge in [0.25, 0.3) is 0 Å². The molecule has 0 aliphatic carbocycles. The molecule has 13 heavy (non-hydrogen) atoms. The number of fused-ring (bicyclic) bond motifs is 2. The second-order valence-corrected chi connectivity index (χ2v) is 5.63. The average molecular weight is 181 g/mol. The Balaban J connectivity index is 2.28. The lowest BCUT2D eigenvalue weighted by Gasteiger charge is -2.44. The second-order valence-electron chi connectivity index (χ2n) is 5.63. The van der Waals surface area contributed by atoms with E-state index in [1.807, 2.05) is 0 Å². The molecule has 0 aromatic rings. The molecule has 2 atom stereocenters. The third kappa shape index (κ3) is 1.32. The highest BCUT2D eigenvalue weighted by Crippen LogP contribution is 2.45. The molecule has 0 spiro atoms. The van der Waals surface area contributed by atoms with Gasteiger partial charge in [-0.15, -0.1) is 0 Å². The minimum Gasteiger partial charge on any atom is -0.307 e. The van der Waals surface area contributed by atoms with Crippen LogP contribution >= 0.6 is 0 Å². The van der Waals surface area contributed by atoms with Crippen molar-refractivity contribution in [3.63, 3.8) is 0 Å². The maximum atomic E-state index is 11.5. The first kappa shape index (κ1) is 9.20. The van der Waals surface area contributed by atoms with Crippen LogP contribution in [-0.2, 0) is 4.79 Å². The summed E-state index contributed by atoms with van der Waals surface area (Å²) in [5.41, 5.74) is 0.310. The zero-order valence-electron chi connectivity index (χ0n) is 8.81. The predicted molar refractivity (Wildman–Crippen MR) is 52.6 cm³/mol. The Morgan fingerprint density at radius 3 is 2.77 bits per heavy atom. The van der Waals surface area contributed by atoms with Crippen molar-refractivity contribution in [3.05, 3.63) is 0 Å². The number of hydrogen-bond donors (Lipinski definition) is 1. The molecule has 0 aromatic carbocycles. The SMILES string of the molecule is CC(C)(C)C12CCC(CC(=O)C1)N2. The standard InChI is InChI=1S/C11H19NO/c1-10(2,3)11-5-4-8(12-11)6-9(13)7-11/h8,12H,4-7H2,1-3H3. The van der Waals surface area contributed by atoms with Gasteiger partial charge < -0.3 is 5.32 Å². The van der Waals surface area contributed by atoms with Crippen molar-refractivity contribution >= 4 is 5.78 Å². The Hall–Kier alpha value is -0.370. The number of rotatable bonds is 0. The number of carbonyl (C=O) groups is 1. The summed E-state index contributed by atoms with van der Waals surface area (Å²) in [5.74, 6) is 0.455. The molecular formula is C11H19NO. The molecule has 2 heterocycles. The number of piperidine rings is 1. The van der Waals surface area contributed by atoms with E-state index < -0.39 is 0 Å². The normalized spacial score (nSPS) is 39.6. The molecule has 1 N–H and O–H groups in total. The van der Waals surface area contributed by atoms with Crippen LogP contribution in [0.3, 0.4) is 0 Å². The van der Waals surface area contributed by atoms with E-state index >= 15 is 0 Å². The fourth-order valence-corrected chi connectivity index (χ4v) is 2.79. The third-order valence-corrected chi connectivity index (χ3v) is 3.81. The molecule has 2 nitrogen and oxygen atoms in total. The summed E-state index contributed by atoms with van der Waals surface area (Å²) in [6.45, 7) is 6.71. The van der Waals surface area contributed by atoms with Gasteiger partial charge in [0, 0.05) is 24.4 Å². The number of hydrogen-bond acceptors (Lipinski definition) is 2. The van der Waals surface area contributed by atoms with Crippen molar-refractivity contribution in [2.45, 2.75) is 58.0 Å². The van der Waals surface area contributed by atoms with Crippen molar-refractivity contribution in [1.82, 2.24) is 5.32 Å². The fraction of sp³-hybridized carbons (Fsp3) is 0.909. The van der Waals surface area contributed by atoms with Gasteiger partial charge in [0.2, 0.25) is 0 Å². The van der Waals surface area contributed by atoms with Crippen LogP contribution in [0.5, 0.6) is 0 Å². The van der Waals surface area contributed by atoms with Crippen LogP contribution in [0, 0.1) is 5.41 Å². The van der Waals surface area contributed by atoms with E-state index in [4.69, 9.17) is 0 Å². The maximum absolute atomic E-state index is 11.5. The molecule has 2 aliphatic heterocycles. The van der Waals surface area contributed by atoms with Crippen LogP contribution in [0.4, 0.5) is 0 Å². The zero-order chi connectivity index (χ0) is 9.69. The first-order valence-electron chi connectivity index (χ1n) is 5.22. The number of nitrogens with one attached hydrogen (secondary N) is 1. The van der Waals surface area contributed by atoms with Crippen molar-refractivity contribution in [2.75, 3.05) is 0 Å². The lowest BCUT2D eigenvalue weighted by Crippen LogP contribution is -2.57. The van der Waals surface area contributed by atoms with E-state index in [0.29, 0.717) is 11.8 Å². The van der Waals surface area contributed by atoms with Crippen LogP contribution in [-0.4, -0.2) is 17.4 Å². The predicted octanol–water partition coefficient (Wildman–Crippen LogP) is 1.89. The Morgan fingerprint density at radius 1 is 1.46 bits per heavy atom. The van der Waals surface area contributed by atoms with Gasteiger partial charge in [-0.1, -0.05) is 20.8 Å². The lowest BCUT2D eigenvalue weighted by atomic mass is 9.69.